The molecule has 1 aliphatic carbocycles. The second kappa shape index (κ2) is 13.1. The van der Waals surface area contributed by atoms with Crippen LogP contribution in [0.2, 0.25) is 0 Å². The zero-order valence-electron chi connectivity index (χ0n) is 19.7. The van der Waals surface area contributed by atoms with Crippen molar-refractivity contribution in [3.8, 4) is 0 Å². The monoisotopic (exact) mass is 421 g/mol. The SMILES string of the molecule is CNCCN(C)Cc1c[nH]nc1C1CCC(N(CCOC)C(=O)CCC(C)C)CC1. The van der Waals surface area contributed by atoms with E-state index in [1.165, 1.54) is 11.3 Å². The summed E-state index contributed by atoms with van der Waals surface area (Å²) in [6.07, 6.45) is 7.91. The predicted molar refractivity (Wildman–Crippen MR) is 122 cm³/mol. The summed E-state index contributed by atoms with van der Waals surface area (Å²) >= 11 is 0. The van der Waals surface area contributed by atoms with E-state index in [2.05, 4.69) is 52.4 Å². The molecule has 2 rings (SSSR count). The smallest absolute Gasteiger partial charge is 0.222 e. The van der Waals surface area contributed by atoms with Crippen molar-refractivity contribution in [1.82, 2.24) is 25.3 Å². The summed E-state index contributed by atoms with van der Waals surface area (Å²) in [7, 11) is 5.85. The van der Waals surface area contributed by atoms with Crippen molar-refractivity contribution >= 4 is 5.91 Å². The molecule has 0 saturated heterocycles. The summed E-state index contributed by atoms with van der Waals surface area (Å²) in [6, 6.07) is 0.330. The van der Waals surface area contributed by atoms with Crippen LogP contribution in [0.4, 0.5) is 0 Å². The van der Waals surface area contributed by atoms with Gasteiger partial charge in [0.15, 0.2) is 0 Å². The lowest BCUT2D eigenvalue weighted by Gasteiger charge is -2.37. The van der Waals surface area contributed by atoms with E-state index in [9.17, 15) is 4.79 Å². The van der Waals surface area contributed by atoms with Crippen LogP contribution in [0.1, 0.15) is 69.5 Å². The number of methoxy groups -OCH3 is 1. The maximum absolute atomic E-state index is 12.9. The molecule has 30 heavy (non-hydrogen) atoms. The van der Waals surface area contributed by atoms with Crippen molar-refractivity contribution < 1.29 is 9.53 Å². The number of nitrogens with one attached hydrogen (secondary N) is 2. The first-order valence-corrected chi connectivity index (χ1v) is 11.6. The van der Waals surface area contributed by atoms with Crippen LogP contribution < -0.4 is 5.32 Å². The maximum Gasteiger partial charge on any atom is 0.222 e. The van der Waals surface area contributed by atoms with Crippen molar-refractivity contribution in [1.29, 1.82) is 0 Å². The molecule has 0 aliphatic heterocycles. The molecule has 0 unspecified atom stereocenters. The largest absolute Gasteiger partial charge is 0.383 e. The summed E-state index contributed by atoms with van der Waals surface area (Å²) < 4.78 is 5.28. The van der Waals surface area contributed by atoms with Crippen LogP contribution in [-0.4, -0.2) is 79.4 Å². The Morgan fingerprint density at radius 1 is 1.30 bits per heavy atom. The summed E-state index contributed by atoms with van der Waals surface area (Å²) in [6.45, 7) is 8.58. The van der Waals surface area contributed by atoms with Gasteiger partial charge in [-0.25, -0.2) is 0 Å². The fourth-order valence-corrected chi connectivity index (χ4v) is 4.40. The van der Waals surface area contributed by atoms with E-state index in [0.29, 0.717) is 37.5 Å². The highest BCUT2D eigenvalue weighted by Crippen LogP contribution is 2.35. The van der Waals surface area contributed by atoms with Crippen molar-refractivity contribution in [2.45, 2.75) is 70.9 Å². The molecule has 1 heterocycles. The van der Waals surface area contributed by atoms with Crippen LogP contribution >= 0.6 is 0 Å². The Morgan fingerprint density at radius 2 is 2.03 bits per heavy atom. The normalized spacial score (nSPS) is 19.6. The molecule has 1 amide bonds. The van der Waals surface area contributed by atoms with Gasteiger partial charge in [-0.05, 0) is 52.1 Å². The van der Waals surface area contributed by atoms with Crippen molar-refractivity contribution in [3.05, 3.63) is 17.5 Å². The van der Waals surface area contributed by atoms with Crippen molar-refractivity contribution in [2.24, 2.45) is 5.92 Å². The molecule has 1 aromatic heterocycles. The fourth-order valence-electron chi connectivity index (χ4n) is 4.40. The van der Waals surface area contributed by atoms with Crippen molar-refractivity contribution in [2.75, 3.05) is 47.4 Å². The van der Waals surface area contributed by atoms with E-state index in [-0.39, 0.29) is 5.91 Å². The number of carbonyl (C=O) groups is 1. The van der Waals surface area contributed by atoms with Crippen LogP contribution in [0.3, 0.4) is 0 Å². The quantitative estimate of drug-likeness (QED) is 0.512. The lowest BCUT2D eigenvalue weighted by molar-refractivity contribution is -0.135. The summed E-state index contributed by atoms with van der Waals surface area (Å²) in [5.74, 6) is 1.32. The molecule has 172 valence electrons. The minimum absolute atomic E-state index is 0.288. The van der Waals surface area contributed by atoms with Gasteiger partial charge < -0.3 is 19.9 Å². The zero-order valence-corrected chi connectivity index (χ0v) is 19.7. The van der Waals surface area contributed by atoms with Gasteiger partial charge in [0.1, 0.15) is 0 Å². The highest BCUT2D eigenvalue weighted by Gasteiger charge is 2.31. The van der Waals surface area contributed by atoms with E-state index < -0.39 is 0 Å². The molecule has 1 fully saturated rings. The number of hydrogen-bond acceptors (Lipinski definition) is 5. The average molecular weight is 422 g/mol. The number of hydrogen-bond donors (Lipinski definition) is 2. The second-order valence-corrected chi connectivity index (χ2v) is 9.15. The highest BCUT2D eigenvalue weighted by molar-refractivity contribution is 5.76. The third kappa shape index (κ3) is 7.67. The third-order valence-electron chi connectivity index (χ3n) is 6.25. The van der Waals surface area contributed by atoms with Gasteiger partial charge in [0.25, 0.3) is 0 Å². The molecule has 1 aliphatic rings. The van der Waals surface area contributed by atoms with E-state index in [1.54, 1.807) is 7.11 Å². The van der Waals surface area contributed by atoms with Crippen LogP contribution in [0, 0.1) is 5.92 Å². The molecule has 0 bridgehead atoms. The number of nitrogens with zero attached hydrogens (tertiary/aromatic N) is 3. The number of ether oxygens (including phenoxy) is 1. The minimum Gasteiger partial charge on any atom is -0.383 e. The van der Waals surface area contributed by atoms with Crippen LogP contribution in [0.5, 0.6) is 0 Å². The molecule has 7 nitrogen and oxygen atoms in total. The summed E-state index contributed by atoms with van der Waals surface area (Å²) in [4.78, 5) is 17.3. The lowest BCUT2D eigenvalue weighted by atomic mass is 9.82. The van der Waals surface area contributed by atoms with E-state index in [0.717, 1.165) is 51.7 Å². The summed E-state index contributed by atoms with van der Waals surface area (Å²) in [5, 5.41) is 10.9. The predicted octanol–water partition coefficient (Wildman–Crippen LogP) is 3.00. The first-order chi connectivity index (χ1) is 14.5. The number of carbonyl (C=O) groups excluding carboxylic acids is 1. The average Bonchev–Trinajstić information content (AvgIpc) is 3.19. The molecule has 0 atom stereocenters. The van der Waals surface area contributed by atoms with E-state index in [1.807, 2.05) is 7.05 Å². The topological polar surface area (TPSA) is 73.5 Å². The number of rotatable bonds is 13. The van der Waals surface area contributed by atoms with Gasteiger partial charge in [0.05, 0.1) is 12.3 Å². The molecule has 7 heteroatoms. The second-order valence-electron chi connectivity index (χ2n) is 9.15. The molecule has 0 radical (unpaired) electrons. The first kappa shape index (κ1) is 24.8. The highest BCUT2D eigenvalue weighted by atomic mass is 16.5. The molecule has 0 spiro atoms. The van der Waals surface area contributed by atoms with Crippen molar-refractivity contribution in [3.63, 3.8) is 0 Å². The lowest BCUT2D eigenvalue weighted by Crippen LogP contribution is -2.44. The van der Waals surface area contributed by atoms with Crippen LogP contribution in [0.25, 0.3) is 0 Å². The van der Waals surface area contributed by atoms with Gasteiger partial charge >= 0.3 is 0 Å². The number of amides is 1. The molecular formula is C23H43N5O2. The molecule has 1 aromatic rings. The van der Waals surface area contributed by atoms with Gasteiger partial charge in [0, 0.05) is 63.4 Å². The van der Waals surface area contributed by atoms with E-state index >= 15 is 0 Å². The Bertz CT molecular complexity index is 610. The summed E-state index contributed by atoms with van der Waals surface area (Å²) in [5.41, 5.74) is 2.53. The van der Waals surface area contributed by atoms with Crippen LogP contribution in [0.15, 0.2) is 6.20 Å². The van der Waals surface area contributed by atoms with Gasteiger partial charge in [-0.3, -0.25) is 9.89 Å². The van der Waals surface area contributed by atoms with Crippen LogP contribution in [-0.2, 0) is 16.1 Å². The molecule has 2 N–H and O–H groups in total. The minimum atomic E-state index is 0.288. The maximum atomic E-state index is 12.9. The third-order valence-corrected chi connectivity index (χ3v) is 6.25. The number of aromatic nitrogens is 2. The van der Waals surface area contributed by atoms with Gasteiger partial charge in [-0.2, -0.15) is 5.10 Å². The number of H-pyrrole nitrogens is 1. The molecular weight excluding hydrogens is 378 g/mol. The molecule has 1 saturated carbocycles. The molecule has 0 aromatic carbocycles. The van der Waals surface area contributed by atoms with Gasteiger partial charge in [0.2, 0.25) is 5.91 Å². The Balaban J connectivity index is 1.93. The van der Waals surface area contributed by atoms with Gasteiger partial charge in [-0.15, -0.1) is 0 Å². The first-order valence-electron chi connectivity index (χ1n) is 11.6. The Kier molecular flexibility index (Phi) is 10.8. The Morgan fingerprint density at radius 3 is 2.67 bits per heavy atom. The Labute approximate surface area is 182 Å². The zero-order chi connectivity index (χ0) is 21.9. The van der Waals surface area contributed by atoms with E-state index in [4.69, 9.17) is 4.74 Å². The fraction of sp³-hybridized carbons (Fsp3) is 0.826. The number of likely N-dealkylation sites (N-methyl/N-ethyl adjacent to an activating group) is 2. The standard InChI is InChI=1S/C23H43N5O2/c1-18(2)6-11-22(29)28(14-15-30-5)21-9-7-19(8-10-21)23-20(16-25-26-23)17-27(4)13-12-24-3/h16,18-19,21,24H,6-15,17H2,1-5H3,(H,25,26). The van der Waals surface area contributed by atoms with Gasteiger partial charge in [-0.1, -0.05) is 13.8 Å². The Hall–Kier alpha value is -1.44. The number of aromatic amines is 1.